The summed E-state index contributed by atoms with van der Waals surface area (Å²) >= 11 is -2.55. The van der Waals surface area contributed by atoms with Crippen molar-refractivity contribution in [2.45, 2.75) is 0 Å². The second-order valence-electron chi connectivity index (χ2n) is 0.685. The Morgan fingerprint density at radius 1 is 1.14 bits per heavy atom. The Morgan fingerprint density at radius 2 is 1.43 bits per heavy atom. The van der Waals surface area contributed by atoms with Crippen LogP contribution in [0.3, 0.4) is 0 Å². The molecule has 0 rings (SSSR count). The van der Waals surface area contributed by atoms with Crippen LogP contribution in [0.2, 0.25) is 0 Å². The maximum atomic E-state index is 5.61. The predicted octanol–water partition coefficient (Wildman–Crippen LogP) is 2.73. The van der Waals surface area contributed by atoms with E-state index in [1.807, 2.05) is 0 Å². The summed E-state index contributed by atoms with van der Waals surface area (Å²) in [5, 5.41) is 0. The van der Waals surface area contributed by atoms with Crippen LogP contribution < -0.4 is 0 Å². The quantitative estimate of drug-likeness (QED) is 0.734. The van der Waals surface area contributed by atoms with Crippen molar-refractivity contribution < 1.29 is 14.0 Å². The van der Waals surface area contributed by atoms with Gasteiger partial charge in [-0.3, -0.25) is 0 Å². The molecule has 0 aliphatic carbocycles. The molecule has 0 heterocycles. The fourth-order valence-electron chi connectivity index (χ4n) is 0.0527. The molecule has 0 spiro atoms. The van der Waals surface area contributed by atoms with Crippen molar-refractivity contribution in [1.29, 1.82) is 0 Å². The molecule has 0 aliphatic rings. The van der Waals surface area contributed by atoms with Crippen molar-refractivity contribution >= 4 is 18.8 Å². The summed E-state index contributed by atoms with van der Waals surface area (Å²) in [6, 6.07) is 0. The van der Waals surface area contributed by atoms with E-state index in [2.05, 4.69) is 13.2 Å². The van der Waals surface area contributed by atoms with E-state index < -0.39 is 14.0 Å². The standard InChI is InChI=1S/2C2H3.2ClH.Pt/c2*1-2;;;/h2*1H,2H2;2*1H;/p-2. The van der Waals surface area contributed by atoms with Crippen LogP contribution in [-0.4, -0.2) is 0 Å². The third-order valence-electron chi connectivity index (χ3n) is 0.344. The molecular formula is C4H6Cl2Pt-2. The second kappa shape index (κ2) is 2.91. The number of hydrogen-bond acceptors (Lipinski definition) is 0. The van der Waals surface area contributed by atoms with Crippen LogP contribution in [0.25, 0.3) is 0 Å². The molecule has 0 N–H and O–H groups in total. The molecule has 48 valence electrons. The van der Waals surface area contributed by atoms with Crippen molar-refractivity contribution in [3.63, 3.8) is 0 Å². The summed E-state index contributed by atoms with van der Waals surface area (Å²) in [7, 11) is 11.2. The van der Waals surface area contributed by atoms with Crippen LogP contribution in [0.15, 0.2) is 22.1 Å². The first-order chi connectivity index (χ1) is 3.12. The Balaban J connectivity index is 3.82. The summed E-state index contributed by atoms with van der Waals surface area (Å²) in [4.78, 5) is 0. The van der Waals surface area contributed by atoms with Crippen LogP contribution in [0.4, 0.5) is 0 Å². The molecule has 0 aliphatic heterocycles. The zero-order valence-electron chi connectivity index (χ0n) is 3.64. The topological polar surface area (TPSA) is 0 Å². The average molecular weight is 320 g/mol. The molecule has 0 saturated heterocycles. The van der Waals surface area contributed by atoms with Crippen LogP contribution >= 0.6 is 18.8 Å². The van der Waals surface area contributed by atoms with Gasteiger partial charge in [0.2, 0.25) is 0 Å². The van der Waals surface area contributed by atoms with Gasteiger partial charge in [0.15, 0.2) is 0 Å². The minimum atomic E-state index is -2.55. The van der Waals surface area contributed by atoms with Crippen LogP contribution in [-0.2, 0) is 14.0 Å². The molecule has 0 aromatic heterocycles. The molecule has 0 fully saturated rings. The van der Waals surface area contributed by atoms with Gasteiger partial charge in [-0.2, -0.15) is 0 Å². The van der Waals surface area contributed by atoms with Crippen LogP contribution in [0.5, 0.6) is 0 Å². The Hall–Kier alpha value is 0.748. The van der Waals surface area contributed by atoms with Crippen molar-refractivity contribution in [3.8, 4) is 0 Å². The average Bonchev–Trinajstić information content (AvgIpc) is 1.68. The third-order valence-corrected chi connectivity index (χ3v) is 6.01. The van der Waals surface area contributed by atoms with Gasteiger partial charge >= 0.3 is 54.9 Å². The van der Waals surface area contributed by atoms with Gasteiger partial charge in [0, 0.05) is 0 Å². The summed E-state index contributed by atoms with van der Waals surface area (Å²) in [5.41, 5.74) is 0. The van der Waals surface area contributed by atoms with Crippen LogP contribution in [0, 0.1) is 0 Å². The zero-order valence-corrected chi connectivity index (χ0v) is 7.43. The minimum absolute atomic E-state index is 1.59. The molecule has 0 aromatic rings. The van der Waals surface area contributed by atoms with E-state index in [1.165, 1.54) is 0 Å². The monoisotopic (exact) mass is 319 g/mol. The molecule has 0 amide bonds. The third kappa shape index (κ3) is 3.34. The molecule has 0 bridgehead atoms. The molecule has 0 atom stereocenters. The second-order valence-corrected chi connectivity index (χ2v) is 13.1. The van der Waals surface area contributed by atoms with Gasteiger partial charge in [-0.15, -0.1) is 0 Å². The fraction of sp³-hybridized carbons (Fsp3) is 0. The molecule has 0 aromatic carbocycles. The van der Waals surface area contributed by atoms with Gasteiger partial charge < -0.3 is 0 Å². The van der Waals surface area contributed by atoms with Gasteiger partial charge in [0.1, 0.15) is 0 Å². The van der Waals surface area contributed by atoms with Crippen molar-refractivity contribution in [3.05, 3.63) is 22.1 Å². The first-order valence-electron chi connectivity index (χ1n) is 1.42. The van der Waals surface area contributed by atoms with Crippen molar-refractivity contribution in [2.24, 2.45) is 0 Å². The predicted molar refractivity (Wildman–Crippen MR) is 32.1 cm³/mol. The van der Waals surface area contributed by atoms with Gasteiger partial charge in [0.05, 0.1) is 0 Å². The molecule has 0 unspecified atom stereocenters. The maximum absolute atomic E-state index is 5.61. The van der Waals surface area contributed by atoms with E-state index in [9.17, 15) is 0 Å². The van der Waals surface area contributed by atoms with Gasteiger partial charge in [-0.05, 0) is 0 Å². The molecule has 0 radical (unpaired) electrons. The molecule has 0 saturated carbocycles. The summed E-state index contributed by atoms with van der Waals surface area (Å²) in [6.45, 7) is 6.90. The summed E-state index contributed by atoms with van der Waals surface area (Å²) < 4.78 is 3.17. The molecular weight excluding hydrogens is 314 g/mol. The summed E-state index contributed by atoms with van der Waals surface area (Å²) in [6.07, 6.45) is 0. The van der Waals surface area contributed by atoms with Gasteiger partial charge in [0.25, 0.3) is 0 Å². The Labute approximate surface area is 54.9 Å². The number of rotatable bonds is 2. The Kier molecular flexibility index (Phi) is 3.23. The molecule has 0 nitrogen and oxygen atoms in total. The molecule has 7 heavy (non-hydrogen) atoms. The SMILES string of the molecule is C=[CH][Pt-2]([Cl])([Cl])[CH]=C. The normalized spacial score (nSPS) is 12.9. The van der Waals surface area contributed by atoms with Gasteiger partial charge in [-0.1, -0.05) is 0 Å². The van der Waals surface area contributed by atoms with E-state index in [0.29, 0.717) is 0 Å². The Morgan fingerprint density at radius 3 is 1.43 bits per heavy atom. The first-order valence-corrected chi connectivity index (χ1v) is 9.68. The Bertz CT molecular complexity index is 77.7. The molecule has 3 heteroatoms. The van der Waals surface area contributed by atoms with E-state index in [-0.39, 0.29) is 0 Å². The number of halogens is 2. The van der Waals surface area contributed by atoms with E-state index in [0.717, 1.165) is 0 Å². The van der Waals surface area contributed by atoms with Crippen molar-refractivity contribution in [2.75, 3.05) is 0 Å². The van der Waals surface area contributed by atoms with Gasteiger partial charge in [-0.25, -0.2) is 0 Å². The fourth-order valence-corrected chi connectivity index (χ4v) is 0.431. The van der Waals surface area contributed by atoms with E-state index in [1.54, 1.807) is 8.93 Å². The summed E-state index contributed by atoms with van der Waals surface area (Å²) in [5.74, 6) is 0. The van der Waals surface area contributed by atoms with E-state index >= 15 is 0 Å². The van der Waals surface area contributed by atoms with Crippen molar-refractivity contribution in [1.82, 2.24) is 0 Å². The number of hydrogen-bond donors (Lipinski definition) is 0. The zero-order chi connectivity index (χ0) is 5.91. The van der Waals surface area contributed by atoms with E-state index in [4.69, 9.17) is 18.8 Å². The first kappa shape index (κ1) is 7.75. The van der Waals surface area contributed by atoms with Crippen LogP contribution in [0.1, 0.15) is 0 Å².